The molecule has 0 unspecified atom stereocenters. The van der Waals surface area contributed by atoms with Crippen LogP contribution in [0.15, 0.2) is 18.2 Å². The van der Waals surface area contributed by atoms with E-state index in [4.69, 9.17) is 4.74 Å². The predicted octanol–water partition coefficient (Wildman–Crippen LogP) is 3.47. The highest BCUT2D eigenvalue weighted by atomic mass is 19.3. The van der Waals surface area contributed by atoms with Crippen molar-refractivity contribution in [2.24, 2.45) is 5.41 Å². The van der Waals surface area contributed by atoms with Crippen LogP contribution in [0.1, 0.15) is 40.0 Å². The Kier molecular flexibility index (Phi) is 3.85. The van der Waals surface area contributed by atoms with Crippen LogP contribution in [0.5, 0.6) is 17.2 Å². The van der Waals surface area contributed by atoms with Gasteiger partial charge in [-0.3, -0.25) is 4.79 Å². The fraction of sp³-hybridized carbons (Fsp3) is 0.588. The summed E-state index contributed by atoms with van der Waals surface area (Å²) in [5.41, 5.74) is 0.0770. The number of halogens is 2. The monoisotopic (exact) mass is 341 g/mol. The predicted molar refractivity (Wildman–Crippen MR) is 82.3 cm³/mol. The average molecular weight is 341 g/mol. The van der Waals surface area contributed by atoms with E-state index >= 15 is 0 Å². The number of hydrogen-bond acceptors (Lipinski definition) is 4. The first-order valence-electron chi connectivity index (χ1n) is 7.96. The van der Waals surface area contributed by atoms with Gasteiger partial charge in [0.2, 0.25) is 0 Å². The fourth-order valence-corrected chi connectivity index (χ4v) is 3.71. The third-order valence-corrected chi connectivity index (χ3v) is 4.46. The highest BCUT2D eigenvalue weighted by Crippen LogP contribution is 2.49. The lowest BCUT2D eigenvalue weighted by atomic mass is 9.58. The van der Waals surface area contributed by atoms with Crippen molar-refractivity contribution in [3.05, 3.63) is 18.2 Å². The largest absolute Gasteiger partial charge is 0.586 e. The maximum absolute atomic E-state index is 13.0. The molecule has 1 aliphatic carbocycles. The SMILES string of the molecule is CCC1(NC(=O)COc2ccc3c(c2)OC(F)(F)O3)CC(C)(C)C1. The second-order valence-electron chi connectivity index (χ2n) is 7.26. The van der Waals surface area contributed by atoms with Crippen LogP contribution in [-0.2, 0) is 4.79 Å². The minimum atomic E-state index is -3.66. The molecule has 0 bridgehead atoms. The fourth-order valence-electron chi connectivity index (χ4n) is 3.71. The Hall–Kier alpha value is -2.05. The number of nitrogens with one attached hydrogen (secondary N) is 1. The van der Waals surface area contributed by atoms with Crippen molar-refractivity contribution in [2.45, 2.75) is 51.9 Å². The van der Waals surface area contributed by atoms with Crippen molar-refractivity contribution in [3.8, 4) is 17.2 Å². The normalized spacial score (nSPS) is 21.7. The lowest BCUT2D eigenvalue weighted by molar-refractivity contribution is -0.286. The van der Waals surface area contributed by atoms with Crippen molar-refractivity contribution in [3.63, 3.8) is 0 Å². The number of rotatable bonds is 5. The van der Waals surface area contributed by atoms with Crippen molar-refractivity contribution < 1.29 is 27.8 Å². The molecule has 1 aromatic carbocycles. The van der Waals surface area contributed by atoms with Gasteiger partial charge in [0, 0.05) is 11.6 Å². The van der Waals surface area contributed by atoms with Crippen molar-refractivity contribution in [1.29, 1.82) is 0 Å². The van der Waals surface area contributed by atoms with Crippen molar-refractivity contribution in [2.75, 3.05) is 6.61 Å². The molecule has 24 heavy (non-hydrogen) atoms. The lowest BCUT2D eigenvalue weighted by Crippen LogP contribution is -2.60. The van der Waals surface area contributed by atoms with Gasteiger partial charge in [0.1, 0.15) is 5.75 Å². The first kappa shape index (κ1) is 16.8. The van der Waals surface area contributed by atoms with E-state index in [1.165, 1.54) is 18.2 Å². The van der Waals surface area contributed by atoms with Gasteiger partial charge in [0.05, 0.1) is 0 Å². The molecule has 5 nitrogen and oxygen atoms in total. The Balaban J connectivity index is 1.54. The van der Waals surface area contributed by atoms with Gasteiger partial charge in [-0.1, -0.05) is 20.8 Å². The minimum Gasteiger partial charge on any atom is -0.484 e. The molecule has 1 N–H and O–H groups in total. The van der Waals surface area contributed by atoms with E-state index in [-0.39, 0.29) is 40.7 Å². The lowest BCUT2D eigenvalue weighted by Gasteiger charge is -2.53. The molecule has 2 aliphatic rings. The molecule has 1 aliphatic heterocycles. The van der Waals surface area contributed by atoms with E-state index in [0.717, 1.165) is 19.3 Å². The number of benzene rings is 1. The number of ether oxygens (including phenoxy) is 3. The highest BCUT2D eigenvalue weighted by molar-refractivity contribution is 5.78. The minimum absolute atomic E-state index is 0.0570. The highest BCUT2D eigenvalue weighted by Gasteiger charge is 2.48. The zero-order valence-electron chi connectivity index (χ0n) is 13.9. The molecule has 1 fully saturated rings. The Morgan fingerprint density at radius 2 is 1.92 bits per heavy atom. The van der Waals surface area contributed by atoms with Crippen LogP contribution in [0.3, 0.4) is 0 Å². The van der Waals surface area contributed by atoms with Gasteiger partial charge in [-0.25, -0.2) is 0 Å². The van der Waals surface area contributed by atoms with Crippen LogP contribution in [0.25, 0.3) is 0 Å². The van der Waals surface area contributed by atoms with Crippen LogP contribution >= 0.6 is 0 Å². The molecule has 0 spiro atoms. The molecular weight excluding hydrogens is 320 g/mol. The Labute approximate surface area is 139 Å². The molecule has 132 valence electrons. The number of hydrogen-bond donors (Lipinski definition) is 1. The molecule has 1 aromatic rings. The van der Waals surface area contributed by atoms with E-state index in [2.05, 4.69) is 28.6 Å². The molecule has 1 saturated carbocycles. The Morgan fingerprint density at radius 3 is 2.54 bits per heavy atom. The van der Waals surface area contributed by atoms with Crippen LogP contribution in [-0.4, -0.2) is 24.3 Å². The number of fused-ring (bicyclic) bond motifs is 1. The van der Waals surface area contributed by atoms with Gasteiger partial charge in [0.15, 0.2) is 18.1 Å². The molecular formula is C17H21F2NO4. The second-order valence-corrected chi connectivity index (χ2v) is 7.26. The van der Waals surface area contributed by atoms with Gasteiger partial charge in [-0.05, 0) is 36.8 Å². The Bertz CT molecular complexity index is 652. The molecule has 1 amide bonds. The standard InChI is InChI=1S/C17H21F2NO4/c1-4-16(9-15(2,3)10-16)20-14(21)8-22-11-5-6-12-13(7-11)24-17(18,19)23-12/h5-7H,4,8-10H2,1-3H3,(H,20,21). The average Bonchev–Trinajstić information content (AvgIpc) is 2.75. The zero-order valence-corrected chi connectivity index (χ0v) is 13.9. The summed E-state index contributed by atoms with van der Waals surface area (Å²) in [5.74, 6) is -0.123. The third kappa shape index (κ3) is 3.39. The van der Waals surface area contributed by atoms with Crippen LogP contribution < -0.4 is 19.5 Å². The number of alkyl halides is 2. The molecule has 7 heteroatoms. The Morgan fingerprint density at radius 1 is 1.25 bits per heavy atom. The summed E-state index contributed by atoms with van der Waals surface area (Å²) in [7, 11) is 0. The van der Waals surface area contributed by atoms with E-state index in [1.54, 1.807) is 0 Å². The van der Waals surface area contributed by atoms with E-state index in [0.29, 0.717) is 0 Å². The van der Waals surface area contributed by atoms with Gasteiger partial charge in [0.25, 0.3) is 5.91 Å². The zero-order chi connectivity index (χ0) is 17.6. The van der Waals surface area contributed by atoms with Crippen LogP contribution in [0.2, 0.25) is 0 Å². The third-order valence-electron chi connectivity index (χ3n) is 4.46. The molecule has 0 saturated heterocycles. The van der Waals surface area contributed by atoms with E-state index in [1.807, 2.05) is 6.92 Å². The second kappa shape index (κ2) is 5.50. The summed E-state index contributed by atoms with van der Waals surface area (Å²) in [5, 5.41) is 3.03. The summed E-state index contributed by atoms with van der Waals surface area (Å²) in [4.78, 5) is 12.1. The van der Waals surface area contributed by atoms with Gasteiger partial charge in [-0.2, -0.15) is 0 Å². The summed E-state index contributed by atoms with van der Waals surface area (Å²) in [6, 6.07) is 4.07. The van der Waals surface area contributed by atoms with Crippen molar-refractivity contribution in [1.82, 2.24) is 5.32 Å². The topological polar surface area (TPSA) is 56.8 Å². The van der Waals surface area contributed by atoms with E-state index in [9.17, 15) is 13.6 Å². The van der Waals surface area contributed by atoms with Gasteiger partial charge < -0.3 is 19.5 Å². The van der Waals surface area contributed by atoms with E-state index < -0.39 is 6.29 Å². The molecule has 1 heterocycles. The number of amides is 1. The first-order chi connectivity index (χ1) is 11.1. The smallest absolute Gasteiger partial charge is 0.484 e. The summed E-state index contributed by atoms with van der Waals surface area (Å²) < 4.78 is 40.0. The molecule has 3 rings (SSSR count). The maximum atomic E-state index is 13.0. The number of carbonyl (C=O) groups excluding carboxylic acids is 1. The van der Waals surface area contributed by atoms with Gasteiger partial charge in [-0.15, -0.1) is 8.78 Å². The summed E-state index contributed by atoms with van der Waals surface area (Å²) >= 11 is 0. The molecule has 0 radical (unpaired) electrons. The molecule has 0 atom stereocenters. The quantitative estimate of drug-likeness (QED) is 0.891. The number of carbonyl (C=O) groups is 1. The summed E-state index contributed by atoms with van der Waals surface area (Å²) in [6.45, 7) is 6.21. The van der Waals surface area contributed by atoms with Gasteiger partial charge >= 0.3 is 6.29 Å². The first-order valence-corrected chi connectivity index (χ1v) is 7.96. The van der Waals surface area contributed by atoms with Crippen LogP contribution in [0, 0.1) is 5.41 Å². The maximum Gasteiger partial charge on any atom is 0.586 e. The van der Waals surface area contributed by atoms with Crippen molar-refractivity contribution >= 4 is 5.91 Å². The summed E-state index contributed by atoms with van der Waals surface area (Å²) in [6.07, 6.45) is -0.938. The van der Waals surface area contributed by atoms with Crippen LogP contribution in [0.4, 0.5) is 8.78 Å². The molecule has 0 aromatic heterocycles.